The lowest BCUT2D eigenvalue weighted by Crippen LogP contribution is -2.14. The van der Waals surface area contributed by atoms with Gasteiger partial charge in [-0.1, -0.05) is 18.2 Å². The Labute approximate surface area is 142 Å². The number of nitrogens with zero attached hydrogens (tertiary/aromatic N) is 1. The SMILES string of the molecule is COc1nc(C(=O)Nc2ccc([S@@](C)=O)cc2)cc2ccccc12. The van der Waals surface area contributed by atoms with E-state index in [1.54, 1.807) is 36.6 Å². The lowest BCUT2D eigenvalue weighted by Gasteiger charge is -2.09. The van der Waals surface area contributed by atoms with Crippen molar-refractivity contribution >= 4 is 33.2 Å². The summed E-state index contributed by atoms with van der Waals surface area (Å²) in [4.78, 5) is 17.4. The van der Waals surface area contributed by atoms with Crippen molar-refractivity contribution in [2.75, 3.05) is 18.7 Å². The lowest BCUT2D eigenvalue weighted by molar-refractivity contribution is 0.102. The van der Waals surface area contributed by atoms with Gasteiger partial charge in [0.15, 0.2) is 0 Å². The van der Waals surface area contributed by atoms with E-state index >= 15 is 0 Å². The molecular weight excluding hydrogens is 324 g/mol. The summed E-state index contributed by atoms with van der Waals surface area (Å²) in [6.45, 7) is 0. The van der Waals surface area contributed by atoms with E-state index in [0.29, 0.717) is 16.5 Å². The number of carbonyl (C=O) groups excluding carboxylic acids is 1. The Bertz CT molecular complexity index is 923. The number of aromatic nitrogens is 1. The van der Waals surface area contributed by atoms with E-state index in [1.807, 2.05) is 24.3 Å². The summed E-state index contributed by atoms with van der Waals surface area (Å²) in [5, 5.41) is 4.52. The van der Waals surface area contributed by atoms with E-state index in [0.717, 1.165) is 10.8 Å². The first-order chi connectivity index (χ1) is 11.6. The van der Waals surface area contributed by atoms with Crippen LogP contribution in [0.15, 0.2) is 59.5 Å². The van der Waals surface area contributed by atoms with Gasteiger partial charge in [0.05, 0.1) is 7.11 Å². The Balaban J connectivity index is 1.89. The topological polar surface area (TPSA) is 68.3 Å². The van der Waals surface area contributed by atoms with Crippen LogP contribution in [-0.2, 0) is 10.8 Å². The maximum Gasteiger partial charge on any atom is 0.274 e. The fraction of sp³-hybridized carbons (Fsp3) is 0.111. The van der Waals surface area contributed by atoms with E-state index in [1.165, 1.54) is 7.11 Å². The van der Waals surface area contributed by atoms with Crippen LogP contribution in [-0.4, -0.2) is 28.5 Å². The highest BCUT2D eigenvalue weighted by Crippen LogP contribution is 2.24. The van der Waals surface area contributed by atoms with Gasteiger partial charge < -0.3 is 10.1 Å². The third-order valence-electron chi connectivity index (χ3n) is 3.58. The smallest absolute Gasteiger partial charge is 0.274 e. The average molecular weight is 340 g/mol. The number of pyridine rings is 1. The normalized spacial score (nSPS) is 11.9. The average Bonchev–Trinajstić information content (AvgIpc) is 2.61. The van der Waals surface area contributed by atoms with Crippen LogP contribution in [0.2, 0.25) is 0 Å². The number of anilines is 1. The van der Waals surface area contributed by atoms with E-state index in [2.05, 4.69) is 10.3 Å². The molecular formula is C18H16N2O3S. The number of benzene rings is 2. The zero-order chi connectivity index (χ0) is 17.1. The minimum Gasteiger partial charge on any atom is -0.481 e. The van der Waals surface area contributed by atoms with Crippen molar-refractivity contribution < 1.29 is 13.7 Å². The number of hydrogen-bond donors (Lipinski definition) is 1. The van der Waals surface area contributed by atoms with Gasteiger partial charge in [-0.15, -0.1) is 0 Å². The summed E-state index contributed by atoms with van der Waals surface area (Å²) in [6.07, 6.45) is 1.61. The predicted octanol–water partition coefficient (Wildman–Crippen LogP) is 3.23. The van der Waals surface area contributed by atoms with Crippen molar-refractivity contribution in [1.29, 1.82) is 0 Å². The standard InChI is InChI=1S/C18H16N2O3S/c1-23-18-15-6-4-3-5-12(15)11-16(20-18)17(21)19-13-7-9-14(10-8-13)24(2)22/h3-11H,1-2H3,(H,19,21)/t24-/m1/s1. The summed E-state index contributed by atoms with van der Waals surface area (Å²) in [5.74, 6) is 0.0828. The Morgan fingerprint density at radius 1 is 1.12 bits per heavy atom. The van der Waals surface area contributed by atoms with Crippen molar-refractivity contribution in [3.63, 3.8) is 0 Å². The molecule has 0 unspecified atom stereocenters. The van der Waals surface area contributed by atoms with Gasteiger partial charge in [0, 0.05) is 33.0 Å². The second kappa shape index (κ2) is 6.80. The summed E-state index contributed by atoms with van der Waals surface area (Å²) in [5.41, 5.74) is 0.886. The minimum absolute atomic E-state index is 0.272. The Morgan fingerprint density at radius 2 is 1.83 bits per heavy atom. The molecule has 0 spiro atoms. The van der Waals surface area contributed by atoms with Crippen LogP contribution in [0.5, 0.6) is 5.88 Å². The van der Waals surface area contributed by atoms with Crippen LogP contribution in [0.3, 0.4) is 0 Å². The summed E-state index contributed by atoms with van der Waals surface area (Å²) >= 11 is 0. The molecule has 0 radical (unpaired) electrons. The van der Waals surface area contributed by atoms with Crippen LogP contribution in [0.4, 0.5) is 5.69 Å². The molecule has 0 aliphatic heterocycles. The maximum absolute atomic E-state index is 12.5. The quantitative estimate of drug-likeness (QED) is 0.792. The molecule has 1 N–H and O–H groups in total. The first-order valence-electron chi connectivity index (χ1n) is 7.27. The van der Waals surface area contributed by atoms with Gasteiger partial charge in [0.1, 0.15) is 5.69 Å². The van der Waals surface area contributed by atoms with Crippen molar-refractivity contribution in [3.8, 4) is 5.88 Å². The monoisotopic (exact) mass is 340 g/mol. The van der Waals surface area contributed by atoms with Gasteiger partial charge in [0.2, 0.25) is 5.88 Å². The van der Waals surface area contributed by atoms with Gasteiger partial charge in [-0.2, -0.15) is 0 Å². The van der Waals surface area contributed by atoms with Crippen LogP contribution in [0.25, 0.3) is 10.8 Å². The maximum atomic E-state index is 12.5. The van der Waals surface area contributed by atoms with E-state index < -0.39 is 10.8 Å². The molecule has 3 aromatic rings. The fourth-order valence-electron chi connectivity index (χ4n) is 2.36. The third kappa shape index (κ3) is 3.28. The van der Waals surface area contributed by atoms with Gasteiger partial charge in [-0.05, 0) is 41.8 Å². The van der Waals surface area contributed by atoms with Gasteiger partial charge >= 0.3 is 0 Å². The molecule has 0 bridgehead atoms. The van der Waals surface area contributed by atoms with E-state index in [-0.39, 0.29) is 11.6 Å². The minimum atomic E-state index is -1.05. The number of carbonyl (C=O) groups is 1. The lowest BCUT2D eigenvalue weighted by atomic mass is 10.1. The molecule has 0 fully saturated rings. The highest BCUT2D eigenvalue weighted by molar-refractivity contribution is 7.84. The molecule has 0 aliphatic rings. The van der Waals surface area contributed by atoms with Crippen LogP contribution >= 0.6 is 0 Å². The van der Waals surface area contributed by atoms with Crippen LogP contribution in [0, 0.1) is 0 Å². The third-order valence-corrected chi connectivity index (χ3v) is 4.51. The molecule has 122 valence electrons. The molecule has 1 amide bonds. The molecule has 1 atom stereocenters. The van der Waals surface area contributed by atoms with Crippen molar-refractivity contribution in [2.45, 2.75) is 4.90 Å². The molecule has 0 aliphatic carbocycles. The number of amides is 1. The van der Waals surface area contributed by atoms with Crippen molar-refractivity contribution in [1.82, 2.24) is 4.98 Å². The number of rotatable bonds is 4. The molecule has 6 heteroatoms. The number of nitrogens with one attached hydrogen (secondary N) is 1. The Kier molecular flexibility index (Phi) is 4.57. The number of methoxy groups -OCH3 is 1. The Morgan fingerprint density at radius 3 is 2.50 bits per heavy atom. The van der Waals surface area contributed by atoms with Crippen molar-refractivity contribution in [3.05, 3.63) is 60.3 Å². The van der Waals surface area contributed by atoms with E-state index in [9.17, 15) is 9.00 Å². The highest BCUT2D eigenvalue weighted by atomic mass is 32.2. The number of hydrogen-bond acceptors (Lipinski definition) is 4. The molecule has 2 aromatic carbocycles. The van der Waals surface area contributed by atoms with Crippen molar-refractivity contribution in [2.24, 2.45) is 0 Å². The summed E-state index contributed by atoms with van der Waals surface area (Å²) in [6, 6.07) is 16.2. The summed E-state index contributed by atoms with van der Waals surface area (Å²) in [7, 11) is 0.480. The largest absolute Gasteiger partial charge is 0.481 e. The number of fused-ring (bicyclic) bond motifs is 1. The van der Waals surface area contributed by atoms with Crippen LogP contribution < -0.4 is 10.1 Å². The predicted molar refractivity (Wildman–Crippen MR) is 95.0 cm³/mol. The van der Waals surface area contributed by atoms with Gasteiger partial charge in [0.25, 0.3) is 5.91 Å². The first kappa shape index (κ1) is 16.1. The molecule has 1 heterocycles. The highest BCUT2D eigenvalue weighted by Gasteiger charge is 2.13. The number of ether oxygens (including phenoxy) is 1. The molecule has 5 nitrogen and oxygen atoms in total. The zero-order valence-corrected chi connectivity index (χ0v) is 14.1. The fourth-order valence-corrected chi connectivity index (χ4v) is 2.88. The Hall–Kier alpha value is -2.73. The molecule has 0 saturated heterocycles. The molecule has 3 rings (SSSR count). The molecule has 1 aromatic heterocycles. The second-order valence-electron chi connectivity index (χ2n) is 5.17. The van der Waals surface area contributed by atoms with Crippen LogP contribution in [0.1, 0.15) is 10.5 Å². The second-order valence-corrected chi connectivity index (χ2v) is 6.55. The van der Waals surface area contributed by atoms with Gasteiger partial charge in [-0.25, -0.2) is 4.98 Å². The molecule has 24 heavy (non-hydrogen) atoms. The van der Waals surface area contributed by atoms with E-state index in [4.69, 9.17) is 4.74 Å². The molecule has 0 saturated carbocycles. The first-order valence-corrected chi connectivity index (χ1v) is 8.83. The van der Waals surface area contributed by atoms with Gasteiger partial charge in [-0.3, -0.25) is 9.00 Å². The summed E-state index contributed by atoms with van der Waals surface area (Å²) < 4.78 is 16.7. The zero-order valence-electron chi connectivity index (χ0n) is 13.3.